The fraction of sp³-hybridized carbons (Fsp3) is 0.167. The predicted octanol–water partition coefficient (Wildman–Crippen LogP) is 5.13. The number of benzene rings is 3. The molecule has 1 heterocycles. The van der Waals surface area contributed by atoms with Gasteiger partial charge >= 0.3 is 0 Å². The van der Waals surface area contributed by atoms with Gasteiger partial charge in [0.25, 0.3) is 10.0 Å². The van der Waals surface area contributed by atoms with Crippen LogP contribution in [0.4, 0.5) is 5.82 Å². The third kappa shape index (κ3) is 3.42. The molecule has 0 saturated carbocycles. The van der Waals surface area contributed by atoms with E-state index in [1.165, 1.54) is 4.31 Å². The Kier molecular flexibility index (Phi) is 4.92. The van der Waals surface area contributed by atoms with E-state index in [-0.39, 0.29) is 0 Å². The highest BCUT2D eigenvalue weighted by Gasteiger charge is 2.27. The highest BCUT2D eigenvalue weighted by Crippen LogP contribution is 2.35. The molecule has 4 aromatic rings. The Bertz CT molecular complexity index is 1260. The largest absolute Gasteiger partial charge is 0.322 e. The van der Waals surface area contributed by atoms with Crippen LogP contribution in [0, 0.1) is 13.8 Å². The predicted molar refractivity (Wildman–Crippen MR) is 119 cm³/mol. The summed E-state index contributed by atoms with van der Waals surface area (Å²) in [5.74, 6) is 0.690. The van der Waals surface area contributed by atoms with Crippen LogP contribution >= 0.6 is 0 Å². The van der Waals surface area contributed by atoms with Crippen LogP contribution in [0.25, 0.3) is 10.9 Å². The fourth-order valence-corrected chi connectivity index (χ4v) is 5.04. The van der Waals surface area contributed by atoms with Gasteiger partial charge in [0.05, 0.1) is 10.4 Å². The average Bonchev–Trinajstić information content (AvgIpc) is 3.00. The van der Waals surface area contributed by atoms with Crippen molar-refractivity contribution in [2.75, 3.05) is 11.4 Å². The summed E-state index contributed by atoms with van der Waals surface area (Å²) in [6.07, 6.45) is 0. The van der Waals surface area contributed by atoms with E-state index < -0.39 is 10.0 Å². The first-order valence-electron chi connectivity index (χ1n) is 9.57. The second-order valence-corrected chi connectivity index (χ2v) is 9.29. The first-order chi connectivity index (χ1) is 13.9. The Balaban J connectivity index is 1.89. The molecule has 4 rings (SSSR count). The molecule has 148 valence electrons. The van der Waals surface area contributed by atoms with Gasteiger partial charge in [0, 0.05) is 24.5 Å². The van der Waals surface area contributed by atoms with Crippen molar-refractivity contribution in [3.05, 3.63) is 95.6 Å². The van der Waals surface area contributed by atoms with Gasteiger partial charge in [-0.2, -0.15) is 0 Å². The van der Waals surface area contributed by atoms with Gasteiger partial charge in [0.15, 0.2) is 0 Å². The minimum atomic E-state index is -3.68. The second kappa shape index (κ2) is 7.41. The van der Waals surface area contributed by atoms with Crippen LogP contribution in [-0.4, -0.2) is 20.0 Å². The molecular weight excluding hydrogens is 380 g/mol. The van der Waals surface area contributed by atoms with Crippen molar-refractivity contribution in [1.29, 1.82) is 0 Å². The Labute approximate surface area is 172 Å². The Morgan fingerprint density at radius 3 is 2.14 bits per heavy atom. The lowest BCUT2D eigenvalue weighted by atomic mass is 10.2. The smallest absolute Gasteiger partial charge is 0.265 e. The van der Waals surface area contributed by atoms with Gasteiger partial charge in [0.1, 0.15) is 5.82 Å². The zero-order chi connectivity index (χ0) is 20.6. The molecule has 0 aliphatic carbocycles. The summed E-state index contributed by atoms with van der Waals surface area (Å²) in [5, 5.41) is 1.06. The SMILES string of the molecule is Cc1ccc(S(=O)(=O)N(C)c2c(C)c3ccccc3n2Cc2ccccc2)cc1. The van der Waals surface area contributed by atoms with Crippen LogP contribution in [0.5, 0.6) is 0 Å². The third-order valence-electron chi connectivity index (χ3n) is 5.35. The van der Waals surface area contributed by atoms with Gasteiger partial charge in [-0.05, 0) is 37.6 Å². The summed E-state index contributed by atoms with van der Waals surface area (Å²) in [7, 11) is -2.04. The van der Waals surface area contributed by atoms with Crippen molar-refractivity contribution in [3.8, 4) is 0 Å². The van der Waals surface area contributed by atoms with E-state index in [1.807, 2.05) is 68.4 Å². The summed E-state index contributed by atoms with van der Waals surface area (Å²) < 4.78 is 30.3. The molecule has 0 amide bonds. The Hall–Kier alpha value is -3.05. The van der Waals surface area contributed by atoms with E-state index >= 15 is 0 Å². The molecule has 1 aromatic heterocycles. The van der Waals surface area contributed by atoms with Crippen molar-refractivity contribution < 1.29 is 8.42 Å². The number of hydrogen-bond donors (Lipinski definition) is 0. The number of rotatable bonds is 5. The van der Waals surface area contributed by atoms with E-state index in [9.17, 15) is 8.42 Å². The van der Waals surface area contributed by atoms with E-state index in [4.69, 9.17) is 0 Å². The molecule has 0 saturated heterocycles. The summed E-state index contributed by atoms with van der Waals surface area (Å²) in [4.78, 5) is 0.293. The van der Waals surface area contributed by atoms with E-state index in [2.05, 4.69) is 16.7 Å². The second-order valence-electron chi connectivity index (χ2n) is 7.32. The van der Waals surface area contributed by atoms with Crippen LogP contribution in [0.2, 0.25) is 0 Å². The van der Waals surface area contributed by atoms with E-state index in [0.29, 0.717) is 17.3 Å². The Morgan fingerprint density at radius 1 is 0.828 bits per heavy atom. The summed E-state index contributed by atoms with van der Waals surface area (Å²) in [6, 6.07) is 25.1. The number of hydrogen-bond acceptors (Lipinski definition) is 2. The summed E-state index contributed by atoms with van der Waals surface area (Å²) in [5.41, 5.74) is 4.13. The molecule has 0 spiro atoms. The van der Waals surface area contributed by atoms with Gasteiger partial charge in [-0.1, -0.05) is 66.2 Å². The summed E-state index contributed by atoms with van der Waals surface area (Å²) >= 11 is 0. The maximum absolute atomic E-state index is 13.4. The van der Waals surface area contributed by atoms with Crippen molar-refractivity contribution in [1.82, 2.24) is 4.57 Å². The van der Waals surface area contributed by atoms with Gasteiger partial charge in [-0.15, -0.1) is 0 Å². The molecule has 4 nitrogen and oxygen atoms in total. The molecule has 0 N–H and O–H groups in total. The first-order valence-corrected chi connectivity index (χ1v) is 11.0. The average molecular weight is 405 g/mol. The molecule has 0 fully saturated rings. The maximum atomic E-state index is 13.4. The summed E-state index contributed by atoms with van der Waals surface area (Å²) in [6.45, 7) is 4.53. The van der Waals surface area contributed by atoms with E-state index in [0.717, 1.165) is 27.6 Å². The van der Waals surface area contributed by atoms with E-state index in [1.54, 1.807) is 19.2 Å². The molecule has 29 heavy (non-hydrogen) atoms. The number of anilines is 1. The molecule has 0 bridgehead atoms. The van der Waals surface area contributed by atoms with Gasteiger partial charge in [0.2, 0.25) is 0 Å². The maximum Gasteiger partial charge on any atom is 0.265 e. The van der Waals surface area contributed by atoms with Crippen molar-refractivity contribution in [3.63, 3.8) is 0 Å². The number of sulfonamides is 1. The number of para-hydroxylation sites is 1. The molecule has 0 aliphatic rings. The molecule has 0 atom stereocenters. The number of aryl methyl sites for hydroxylation is 2. The lowest BCUT2D eigenvalue weighted by Gasteiger charge is -2.23. The van der Waals surface area contributed by atoms with Crippen molar-refractivity contribution in [2.45, 2.75) is 25.3 Å². The van der Waals surface area contributed by atoms with Crippen LogP contribution in [-0.2, 0) is 16.6 Å². The van der Waals surface area contributed by atoms with Crippen molar-refractivity contribution in [2.24, 2.45) is 0 Å². The van der Waals surface area contributed by atoms with Crippen LogP contribution < -0.4 is 4.31 Å². The number of aromatic nitrogens is 1. The monoisotopic (exact) mass is 404 g/mol. The van der Waals surface area contributed by atoms with Gasteiger partial charge in [-0.3, -0.25) is 4.31 Å². The topological polar surface area (TPSA) is 42.3 Å². The molecule has 0 aliphatic heterocycles. The highest BCUT2D eigenvalue weighted by atomic mass is 32.2. The molecule has 0 radical (unpaired) electrons. The number of nitrogens with zero attached hydrogens (tertiary/aromatic N) is 2. The lowest BCUT2D eigenvalue weighted by Crippen LogP contribution is -2.29. The first kappa shape index (κ1) is 19.3. The van der Waals surface area contributed by atoms with Gasteiger partial charge in [-0.25, -0.2) is 8.42 Å². The molecule has 3 aromatic carbocycles. The molecular formula is C24H24N2O2S. The quantitative estimate of drug-likeness (QED) is 0.463. The Morgan fingerprint density at radius 2 is 1.45 bits per heavy atom. The lowest BCUT2D eigenvalue weighted by molar-refractivity contribution is 0.593. The minimum absolute atomic E-state index is 0.293. The fourth-order valence-electron chi connectivity index (χ4n) is 3.78. The van der Waals surface area contributed by atoms with Crippen molar-refractivity contribution >= 4 is 26.7 Å². The molecule has 5 heteroatoms. The highest BCUT2D eigenvalue weighted by molar-refractivity contribution is 7.92. The normalized spacial score (nSPS) is 11.7. The van der Waals surface area contributed by atoms with Crippen LogP contribution in [0.1, 0.15) is 16.7 Å². The molecule has 0 unspecified atom stereocenters. The zero-order valence-electron chi connectivity index (χ0n) is 16.8. The third-order valence-corrected chi connectivity index (χ3v) is 7.11. The van der Waals surface area contributed by atoms with Crippen LogP contribution in [0.15, 0.2) is 83.8 Å². The zero-order valence-corrected chi connectivity index (χ0v) is 17.6. The minimum Gasteiger partial charge on any atom is -0.322 e. The van der Waals surface area contributed by atoms with Crippen LogP contribution in [0.3, 0.4) is 0 Å². The van der Waals surface area contributed by atoms with Gasteiger partial charge < -0.3 is 4.57 Å². The standard InChI is InChI=1S/C24H24N2O2S/c1-18-13-15-21(16-14-18)29(27,28)25(3)24-19(2)22-11-7-8-12-23(22)26(24)17-20-9-5-4-6-10-20/h4-16H,17H2,1-3H3. The number of fused-ring (bicyclic) bond motifs is 1.